The number of benzene rings is 1. The van der Waals surface area contributed by atoms with Crippen molar-refractivity contribution in [1.29, 1.82) is 0 Å². The Morgan fingerprint density at radius 2 is 2.05 bits per heavy atom. The molecule has 1 heterocycles. The van der Waals surface area contributed by atoms with Gasteiger partial charge in [0.2, 0.25) is 0 Å². The van der Waals surface area contributed by atoms with Crippen LogP contribution in [0.15, 0.2) is 22.7 Å². The summed E-state index contributed by atoms with van der Waals surface area (Å²) in [6.07, 6.45) is 0. The molecule has 20 heavy (non-hydrogen) atoms. The summed E-state index contributed by atoms with van der Waals surface area (Å²) in [7, 11) is 0. The number of aryl methyl sites for hydroxylation is 2. The van der Waals surface area contributed by atoms with Gasteiger partial charge in [-0.05, 0) is 37.9 Å². The van der Waals surface area contributed by atoms with Crippen LogP contribution in [0.5, 0.6) is 0 Å². The largest absolute Gasteiger partial charge is 0.312 e. The van der Waals surface area contributed by atoms with Crippen molar-refractivity contribution in [1.82, 2.24) is 10.3 Å². The van der Waals surface area contributed by atoms with Gasteiger partial charge in [0.15, 0.2) is 0 Å². The molecule has 0 saturated carbocycles. The summed E-state index contributed by atoms with van der Waals surface area (Å²) < 4.78 is 1.14. The first-order valence-electron chi connectivity index (χ1n) is 6.91. The van der Waals surface area contributed by atoms with E-state index < -0.39 is 0 Å². The van der Waals surface area contributed by atoms with Gasteiger partial charge >= 0.3 is 0 Å². The molecule has 2 nitrogen and oxygen atoms in total. The molecule has 0 aliphatic carbocycles. The van der Waals surface area contributed by atoms with Crippen LogP contribution in [0, 0.1) is 19.8 Å². The molecule has 0 amide bonds. The van der Waals surface area contributed by atoms with E-state index in [0.717, 1.165) is 28.3 Å². The van der Waals surface area contributed by atoms with Gasteiger partial charge in [0.25, 0.3) is 0 Å². The maximum Gasteiger partial charge on any atom is 0.123 e. The smallest absolute Gasteiger partial charge is 0.123 e. The summed E-state index contributed by atoms with van der Waals surface area (Å²) in [5, 5.41) is 4.59. The highest BCUT2D eigenvalue weighted by molar-refractivity contribution is 9.10. The van der Waals surface area contributed by atoms with Crippen LogP contribution >= 0.6 is 27.3 Å². The highest BCUT2D eigenvalue weighted by Crippen LogP contribution is 2.30. The Labute approximate surface area is 133 Å². The predicted octanol–water partition coefficient (Wildman–Crippen LogP) is 4.94. The van der Waals surface area contributed by atoms with Crippen LogP contribution in [0.25, 0.3) is 10.6 Å². The quantitative estimate of drug-likeness (QED) is 0.824. The Bertz CT molecular complexity index is 590. The highest BCUT2D eigenvalue weighted by atomic mass is 79.9. The third-order valence-corrected chi connectivity index (χ3v) is 5.21. The number of hydrogen-bond acceptors (Lipinski definition) is 3. The van der Waals surface area contributed by atoms with E-state index in [4.69, 9.17) is 4.98 Å². The summed E-state index contributed by atoms with van der Waals surface area (Å²) >= 11 is 5.38. The fourth-order valence-corrected chi connectivity index (χ4v) is 3.32. The summed E-state index contributed by atoms with van der Waals surface area (Å²) in [5.74, 6) is 0.677. The van der Waals surface area contributed by atoms with Crippen molar-refractivity contribution in [2.24, 2.45) is 5.92 Å². The van der Waals surface area contributed by atoms with Gasteiger partial charge in [0.05, 0.1) is 5.69 Å². The molecule has 0 fully saturated rings. The summed E-state index contributed by atoms with van der Waals surface area (Å²) in [6, 6.07) is 6.43. The zero-order valence-electron chi connectivity index (χ0n) is 12.5. The van der Waals surface area contributed by atoms with Crippen molar-refractivity contribution in [2.45, 2.75) is 34.2 Å². The van der Waals surface area contributed by atoms with Gasteiger partial charge in [-0.3, -0.25) is 0 Å². The maximum absolute atomic E-state index is 4.71. The Hall–Kier alpha value is -0.710. The van der Waals surface area contributed by atoms with Crippen LogP contribution in [0.1, 0.15) is 30.0 Å². The standard InChI is InChI=1S/C16H21BrN2S/c1-10(2)8-18-9-15-12(4)19-16(20-15)13-6-5-11(3)14(17)7-13/h5-7,10,18H,8-9H2,1-4H3. The van der Waals surface area contributed by atoms with Gasteiger partial charge in [-0.2, -0.15) is 0 Å². The number of thiazole rings is 1. The molecule has 1 aromatic carbocycles. The molecular weight excluding hydrogens is 332 g/mol. The minimum atomic E-state index is 0.677. The van der Waals surface area contributed by atoms with E-state index in [1.807, 2.05) is 0 Å². The van der Waals surface area contributed by atoms with Crippen molar-refractivity contribution < 1.29 is 0 Å². The monoisotopic (exact) mass is 352 g/mol. The van der Waals surface area contributed by atoms with Crippen molar-refractivity contribution in [3.8, 4) is 10.6 Å². The molecule has 0 atom stereocenters. The van der Waals surface area contributed by atoms with Crippen molar-refractivity contribution >= 4 is 27.3 Å². The van der Waals surface area contributed by atoms with Crippen molar-refractivity contribution in [2.75, 3.05) is 6.54 Å². The lowest BCUT2D eigenvalue weighted by Gasteiger charge is -2.05. The molecule has 108 valence electrons. The van der Waals surface area contributed by atoms with Gasteiger partial charge < -0.3 is 5.32 Å². The second-order valence-corrected chi connectivity index (χ2v) is 7.45. The fraction of sp³-hybridized carbons (Fsp3) is 0.438. The minimum Gasteiger partial charge on any atom is -0.312 e. The second kappa shape index (κ2) is 6.83. The van der Waals surface area contributed by atoms with Crippen molar-refractivity contribution in [3.63, 3.8) is 0 Å². The zero-order chi connectivity index (χ0) is 14.7. The van der Waals surface area contributed by atoms with Gasteiger partial charge in [-0.15, -0.1) is 11.3 Å². The predicted molar refractivity (Wildman–Crippen MR) is 91.3 cm³/mol. The fourth-order valence-electron chi connectivity index (χ4n) is 1.92. The van der Waals surface area contributed by atoms with Crippen LogP contribution in [-0.2, 0) is 6.54 Å². The second-order valence-electron chi connectivity index (χ2n) is 5.52. The Morgan fingerprint density at radius 1 is 1.30 bits per heavy atom. The lowest BCUT2D eigenvalue weighted by molar-refractivity contribution is 0.554. The molecule has 0 aliphatic heterocycles. The van der Waals surface area contributed by atoms with Gasteiger partial charge in [-0.25, -0.2) is 4.98 Å². The lowest BCUT2D eigenvalue weighted by Crippen LogP contribution is -2.18. The topological polar surface area (TPSA) is 24.9 Å². The van der Waals surface area contributed by atoms with Crippen LogP contribution in [0.3, 0.4) is 0 Å². The molecule has 2 aromatic rings. The average Bonchev–Trinajstić information content (AvgIpc) is 2.74. The lowest BCUT2D eigenvalue weighted by atomic mass is 10.2. The number of nitrogens with zero attached hydrogens (tertiary/aromatic N) is 1. The SMILES string of the molecule is Cc1ccc(-c2nc(C)c(CNCC(C)C)s2)cc1Br. The third-order valence-electron chi connectivity index (χ3n) is 3.15. The van der Waals surface area contributed by atoms with E-state index >= 15 is 0 Å². The van der Waals surface area contributed by atoms with Gasteiger partial charge in [0.1, 0.15) is 5.01 Å². The Kier molecular flexibility index (Phi) is 5.35. The van der Waals surface area contributed by atoms with Crippen LogP contribution < -0.4 is 5.32 Å². The van der Waals surface area contributed by atoms with Crippen LogP contribution in [-0.4, -0.2) is 11.5 Å². The van der Waals surface area contributed by atoms with Crippen LogP contribution in [0.2, 0.25) is 0 Å². The molecular formula is C16H21BrN2S. The molecule has 1 N–H and O–H groups in total. The highest BCUT2D eigenvalue weighted by Gasteiger charge is 2.10. The van der Waals surface area contributed by atoms with Gasteiger partial charge in [-0.1, -0.05) is 41.9 Å². The number of halogens is 1. The molecule has 1 aromatic heterocycles. The molecule has 2 rings (SSSR count). The minimum absolute atomic E-state index is 0.677. The first-order valence-corrected chi connectivity index (χ1v) is 8.52. The summed E-state index contributed by atoms with van der Waals surface area (Å²) in [4.78, 5) is 6.04. The number of aromatic nitrogens is 1. The van der Waals surface area contributed by atoms with E-state index in [0.29, 0.717) is 5.92 Å². The van der Waals surface area contributed by atoms with E-state index in [-0.39, 0.29) is 0 Å². The maximum atomic E-state index is 4.71. The van der Waals surface area contributed by atoms with E-state index in [1.165, 1.54) is 16.0 Å². The number of hydrogen-bond donors (Lipinski definition) is 1. The molecule has 0 spiro atoms. The first-order chi connectivity index (χ1) is 9.47. The first kappa shape index (κ1) is 15.7. The molecule has 0 bridgehead atoms. The molecule has 0 aliphatic rings. The molecule has 0 unspecified atom stereocenters. The molecule has 4 heteroatoms. The summed E-state index contributed by atoms with van der Waals surface area (Å²) in [6.45, 7) is 10.6. The van der Waals surface area contributed by atoms with Crippen LogP contribution in [0.4, 0.5) is 0 Å². The van der Waals surface area contributed by atoms with E-state index in [2.05, 4.69) is 67.1 Å². The van der Waals surface area contributed by atoms with E-state index in [9.17, 15) is 0 Å². The number of nitrogens with one attached hydrogen (secondary N) is 1. The van der Waals surface area contributed by atoms with E-state index in [1.54, 1.807) is 11.3 Å². The zero-order valence-corrected chi connectivity index (χ0v) is 14.9. The van der Waals surface area contributed by atoms with Gasteiger partial charge in [0, 0.05) is 21.5 Å². The molecule has 0 saturated heterocycles. The Balaban J connectivity index is 2.15. The Morgan fingerprint density at radius 3 is 2.70 bits per heavy atom. The van der Waals surface area contributed by atoms with Crippen molar-refractivity contribution in [3.05, 3.63) is 38.8 Å². The number of rotatable bonds is 5. The average molecular weight is 353 g/mol. The molecule has 0 radical (unpaired) electrons. The third kappa shape index (κ3) is 3.90. The normalized spacial score (nSPS) is 11.3. The summed E-state index contributed by atoms with van der Waals surface area (Å²) in [5.41, 5.74) is 3.57.